The molecule has 0 aliphatic carbocycles. The van der Waals surface area contributed by atoms with Gasteiger partial charge in [-0.25, -0.2) is 9.97 Å². The van der Waals surface area contributed by atoms with Crippen LogP contribution in [0.3, 0.4) is 0 Å². The quantitative estimate of drug-likeness (QED) is 0.328. The second-order valence-corrected chi connectivity index (χ2v) is 11.0. The Morgan fingerprint density at radius 1 is 0.829 bits per heavy atom. The average molecular weight is 519 g/mol. The number of nitrogens with zero attached hydrogens (tertiary/aromatic N) is 3. The number of benzene rings is 2. The molecule has 2 heterocycles. The van der Waals surface area contributed by atoms with Gasteiger partial charge in [0.1, 0.15) is 0 Å². The summed E-state index contributed by atoms with van der Waals surface area (Å²) >= 11 is 0. The van der Waals surface area contributed by atoms with Gasteiger partial charge in [-0.1, -0.05) is 35.4 Å². The molecule has 0 saturated heterocycles. The molecule has 35 heavy (non-hydrogen) atoms. The van der Waals surface area contributed by atoms with Crippen LogP contribution in [-0.2, 0) is 28.6 Å². The van der Waals surface area contributed by atoms with E-state index in [1.54, 1.807) is 24.3 Å². The van der Waals surface area contributed by atoms with E-state index in [-0.39, 0.29) is 21.0 Å². The van der Waals surface area contributed by atoms with E-state index in [9.17, 15) is 21.6 Å². The molecule has 0 atom stereocenters. The Morgan fingerprint density at radius 2 is 1.31 bits per heavy atom. The lowest BCUT2D eigenvalue weighted by Gasteiger charge is -2.19. The summed E-state index contributed by atoms with van der Waals surface area (Å²) in [5.41, 5.74) is 1.36. The third-order valence-electron chi connectivity index (χ3n) is 5.21. The Morgan fingerprint density at radius 3 is 1.80 bits per heavy atom. The number of H-pyrrole nitrogens is 1. The molecule has 0 amide bonds. The fourth-order valence-electron chi connectivity index (χ4n) is 3.22. The molecule has 0 bridgehead atoms. The lowest BCUT2D eigenvalue weighted by Crippen LogP contribution is -2.25. The van der Waals surface area contributed by atoms with E-state index < -0.39 is 45.1 Å². The van der Waals surface area contributed by atoms with Gasteiger partial charge in [-0.05, 0) is 38.1 Å². The molecule has 0 spiro atoms. The summed E-state index contributed by atoms with van der Waals surface area (Å²) in [6.07, 6.45) is 2.41. The number of hydrogen-bond donors (Lipinski definition) is 1. The first-order valence-corrected chi connectivity index (χ1v) is 13.2. The van der Waals surface area contributed by atoms with Crippen molar-refractivity contribution in [3.05, 3.63) is 82.7 Å². The number of aromatic amines is 1. The van der Waals surface area contributed by atoms with Gasteiger partial charge in [-0.2, -0.15) is 16.8 Å². The minimum atomic E-state index is -4.16. The molecule has 13 heteroatoms. The lowest BCUT2D eigenvalue weighted by molar-refractivity contribution is 0.189. The van der Waals surface area contributed by atoms with Gasteiger partial charge in [-0.3, -0.25) is 13.2 Å². The largest absolute Gasteiger partial charge is 0.311 e. The normalized spacial score (nSPS) is 12.4. The molecule has 1 N–H and O–H groups in total. The van der Waals surface area contributed by atoms with E-state index in [0.29, 0.717) is 0 Å². The van der Waals surface area contributed by atoms with Crippen LogP contribution >= 0.6 is 0 Å². The molecular weight excluding hydrogens is 496 g/mol. The van der Waals surface area contributed by atoms with Gasteiger partial charge < -0.3 is 9.55 Å². The van der Waals surface area contributed by atoms with Crippen molar-refractivity contribution >= 4 is 31.4 Å². The summed E-state index contributed by atoms with van der Waals surface area (Å²) in [5.74, 6) is 0. The number of aryl methyl sites for hydroxylation is 2. The van der Waals surface area contributed by atoms with Crippen molar-refractivity contribution in [3.63, 3.8) is 0 Å². The summed E-state index contributed by atoms with van der Waals surface area (Å²) < 4.78 is 62.7. The minimum Gasteiger partial charge on any atom is -0.311 e. The first-order chi connectivity index (χ1) is 16.6. The fraction of sp³-hybridized carbons (Fsp3) is 0.227. The van der Waals surface area contributed by atoms with Crippen molar-refractivity contribution in [2.75, 3.05) is 13.2 Å². The van der Waals surface area contributed by atoms with E-state index in [2.05, 4.69) is 15.0 Å². The Balaban J connectivity index is 1.63. The number of hydrogen-bond acceptors (Lipinski definition) is 9. The zero-order valence-electron chi connectivity index (χ0n) is 18.8. The van der Waals surface area contributed by atoms with Gasteiger partial charge >= 0.3 is 0 Å². The van der Waals surface area contributed by atoms with Crippen molar-refractivity contribution in [2.24, 2.45) is 0 Å². The zero-order valence-corrected chi connectivity index (χ0v) is 20.4. The van der Waals surface area contributed by atoms with Crippen LogP contribution in [0.4, 0.5) is 0 Å². The van der Waals surface area contributed by atoms with Gasteiger partial charge in [0.2, 0.25) is 0 Å². The Kier molecular flexibility index (Phi) is 6.85. The number of aromatic nitrogens is 4. The first kappa shape index (κ1) is 24.7. The summed E-state index contributed by atoms with van der Waals surface area (Å²) in [6.45, 7) is 2.63. The summed E-state index contributed by atoms with van der Waals surface area (Å²) in [7, 11) is -8.32. The van der Waals surface area contributed by atoms with Crippen LogP contribution in [-0.4, -0.2) is 49.6 Å². The number of rotatable bonds is 9. The highest BCUT2D eigenvalue weighted by Gasteiger charge is 2.25. The monoisotopic (exact) mass is 518 g/mol. The third kappa shape index (κ3) is 5.48. The summed E-state index contributed by atoms with van der Waals surface area (Å²) in [6, 6.07) is 11.1. The van der Waals surface area contributed by atoms with Crippen molar-refractivity contribution in [1.29, 1.82) is 0 Å². The lowest BCUT2D eigenvalue weighted by atomic mass is 10.2. The topological polar surface area (TPSA) is 150 Å². The van der Waals surface area contributed by atoms with E-state index in [4.69, 9.17) is 8.37 Å². The maximum Gasteiger partial charge on any atom is 0.297 e. The molecule has 2 aromatic carbocycles. The van der Waals surface area contributed by atoms with E-state index in [0.717, 1.165) is 17.5 Å². The smallest absolute Gasteiger partial charge is 0.297 e. The van der Waals surface area contributed by atoms with Gasteiger partial charge in [0.25, 0.3) is 25.8 Å². The van der Waals surface area contributed by atoms with Crippen molar-refractivity contribution < 1.29 is 25.2 Å². The van der Waals surface area contributed by atoms with Crippen molar-refractivity contribution in [1.82, 2.24) is 19.5 Å². The summed E-state index contributed by atoms with van der Waals surface area (Å²) in [4.78, 5) is 22.4. The van der Waals surface area contributed by atoms with Crippen LogP contribution in [0.2, 0.25) is 0 Å². The Hall–Kier alpha value is -3.39. The Labute approximate surface area is 201 Å². The van der Waals surface area contributed by atoms with Crippen molar-refractivity contribution in [3.8, 4) is 0 Å². The molecule has 4 rings (SSSR count). The third-order valence-corrected chi connectivity index (χ3v) is 7.80. The zero-order chi connectivity index (χ0) is 25.2. The van der Waals surface area contributed by atoms with Gasteiger partial charge in [0.15, 0.2) is 11.2 Å². The molecule has 0 aliphatic heterocycles. The summed E-state index contributed by atoms with van der Waals surface area (Å²) in [5, 5.41) is 0. The van der Waals surface area contributed by atoms with Crippen LogP contribution in [0.5, 0.6) is 0 Å². The maximum absolute atomic E-state index is 12.7. The van der Waals surface area contributed by atoms with Crippen LogP contribution in [0, 0.1) is 13.8 Å². The van der Waals surface area contributed by atoms with Gasteiger partial charge in [0.05, 0.1) is 41.7 Å². The second kappa shape index (κ2) is 9.70. The number of imidazole rings is 1. The molecule has 0 saturated carbocycles. The SMILES string of the molecule is Cc1ccc(S(=O)(=O)OCC(COS(=O)(=O)c2ccc(C)cc2)n2cnc3c(=O)[nH]cnc32)cc1. The van der Waals surface area contributed by atoms with E-state index >= 15 is 0 Å². The molecule has 4 aromatic rings. The van der Waals surface area contributed by atoms with E-state index in [1.807, 2.05) is 13.8 Å². The van der Waals surface area contributed by atoms with Crippen LogP contribution < -0.4 is 5.56 Å². The molecular formula is C22H22N4O7S2. The van der Waals surface area contributed by atoms with E-state index in [1.165, 1.54) is 35.2 Å². The molecule has 0 aliphatic rings. The Bertz CT molecular complexity index is 1530. The minimum absolute atomic E-state index is 0.000262. The molecule has 184 valence electrons. The van der Waals surface area contributed by atoms with Crippen molar-refractivity contribution in [2.45, 2.75) is 29.7 Å². The highest BCUT2D eigenvalue weighted by atomic mass is 32.2. The first-order valence-electron chi connectivity index (χ1n) is 10.4. The highest BCUT2D eigenvalue weighted by molar-refractivity contribution is 7.87. The molecule has 0 radical (unpaired) electrons. The number of nitrogens with one attached hydrogen (secondary N) is 1. The predicted molar refractivity (Wildman–Crippen MR) is 126 cm³/mol. The van der Waals surface area contributed by atoms with Crippen LogP contribution in [0.15, 0.2) is 75.8 Å². The van der Waals surface area contributed by atoms with Crippen LogP contribution in [0.25, 0.3) is 11.2 Å². The second-order valence-electron chi connectivity index (χ2n) is 7.81. The number of fused-ring (bicyclic) bond motifs is 1. The average Bonchev–Trinajstić information content (AvgIpc) is 3.25. The molecule has 2 aromatic heterocycles. The highest BCUT2D eigenvalue weighted by Crippen LogP contribution is 2.21. The maximum atomic E-state index is 12.7. The van der Waals surface area contributed by atoms with Gasteiger partial charge in [-0.15, -0.1) is 0 Å². The van der Waals surface area contributed by atoms with Crippen LogP contribution in [0.1, 0.15) is 17.2 Å². The predicted octanol–water partition coefficient (Wildman–Crippen LogP) is 2.09. The molecule has 0 unspecified atom stereocenters. The van der Waals surface area contributed by atoms with Gasteiger partial charge in [0, 0.05) is 0 Å². The standard InChI is InChI=1S/C22H22N4O7S2/c1-15-3-7-18(8-4-15)34(28,29)32-11-17(26-14-25-20-21(26)23-13-24-22(20)27)12-33-35(30,31)19-9-5-16(2)6-10-19/h3-10,13-14,17H,11-12H2,1-2H3,(H,23,24,27). The molecule has 11 nitrogen and oxygen atoms in total. The fourth-order valence-corrected chi connectivity index (χ4v) is 5.10. The molecule has 0 fully saturated rings.